The zero-order chi connectivity index (χ0) is 42.4. The highest BCUT2D eigenvalue weighted by molar-refractivity contribution is 5.72. The molecule has 0 unspecified atom stereocenters. The van der Waals surface area contributed by atoms with E-state index in [1.165, 1.54) is 16.5 Å². The van der Waals surface area contributed by atoms with Crippen molar-refractivity contribution in [2.45, 2.75) is 82.1 Å². The molecule has 1 aliphatic heterocycles. The number of methoxy groups -OCH3 is 1. The largest absolute Gasteiger partial charge is 0.480 e. The number of aromatic nitrogens is 6. The highest BCUT2D eigenvalue weighted by Gasteiger charge is 2.49. The number of aliphatic carboxylic acids is 2. The van der Waals surface area contributed by atoms with Crippen molar-refractivity contribution in [3.63, 3.8) is 0 Å². The number of ether oxygens (including phenoxy) is 6. The van der Waals surface area contributed by atoms with Gasteiger partial charge in [0, 0.05) is 20.0 Å². The van der Waals surface area contributed by atoms with Gasteiger partial charge in [-0.05, 0) is 22.3 Å². The van der Waals surface area contributed by atoms with E-state index < -0.39 is 54.7 Å². The SMILES string of the molecule is CO[C@H]1O[C@H](COCc2cn([C@@H](Cc3ccccc3)C(=O)O)nn2)[C@@H](OCc2ccccc2)[C@H](OCc2ccccc2)[C@H]1OCc1cn([C@@H](Cc2ccccc2)C(=O)O)nn1. The van der Waals surface area contributed by atoms with Crippen LogP contribution in [0, 0.1) is 0 Å². The summed E-state index contributed by atoms with van der Waals surface area (Å²) in [7, 11) is 1.50. The second-order valence-electron chi connectivity index (χ2n) is 14.6. The third kappa shape index (κ3) is 11.8. The first-order chi connectivity index (χ1) is 29.8. The monoisotopic (exact) mass is 832 g/mol. The quantitative estimate of drug-likeness (QED) is 0.0902. The molecule has 3 heterocycles. The molecule has 0 bridgehead atoms. The lowest BCUT2D eigenvalue weighted by Crippen LogP contribution is -2.61. The fourth-order valence-electron chi connectivity index (χ4n) is 7.09. The number of rotatable bonds is 22. The topological polar surface area (TPSA) is 191 Å². The molecule has 61 heavy (non-hydrogen) atoms. The van der Waals surface area contributed by atoms with Gasteiger partial charge in [-0.3, -0.25) is 0 Å². The maximum Gasteiger partial charge on any atom is 0.328 e. The molecule has 318 valence electrons. The first-order valence-electron chi connectivity index (χ1n) is 19.9. The second kappa shape index (κ2) is 21.4. The molecule has 7 rings (SSSR count). The minimum atomic E-state index is -1.04. The molecule has 1 fully saturated rings. The van der Waals surface area contributed by atoms with Gasteiger partial charge in [-0.2, -0.15) is 0 Å². The van der Waals surface area contributed by atoms with E-state index in [2.05, 4.69) is 20.6 Å². The smallest absolute Gasteiger partial charge is 0.328 e. The average molecular weight is 833 g/mol. The normalized spacial score (nSPS) is 19.9. The minimum absolute atomic E-state index is 0.00727. The molecule has 6 aromatic rings. The summed E-state index contributed by atoms with van der Waals surface area (Å²) >= 11 is 0. The van der Waals surface area contributed by atoms with Gasteiger partial charge in [0.15, 0.2) is 18.4 Å². The molecule has 7 atom stereocenters. The Bertz CT molecular complexity index is 2250. The number of hydrogen-bond acceptors (Lipinski definition) is 12. The molecule has 0 spiro atoms. The van der Waals surface area contributed by atoms with E-state index in [-0.39, 0.29) is 45.9 Å². The summed E-state index contributed by atoms with van der Waals surface area (Å²) in [5.74, 6) is -2.07. The summed E-state index contributed by atoms with van der Waals surface area (Å²) in [4.78, 5) is 24.5. The molecule has 16 nitrogen and oxygen atoms in total. The van der Waals surface area contributed by atoms with Crippen LogP contribution < -0.4 is 0 Å². The van der Waals surface area contributed by atoms with Crippen molar-refractivity contribution >= 4 is 11.9 Å². The van der Waals surface area contributed by atoms with E-state index in [0.29, 0.717) is 11.4 Å². The Morgan fingerprint density at radius 3 is 1.48 bits per heavy atom. The van der Waals surface area contributed by atoms with Gasteiger partial charge in [0.1, 0.15) is 35.8 Å². The van der Waals surface area contributed by atoms with Crippen molar-refractivity contribution in [3.05, 3.63) is 167 Å². The summed E-state index contributed by atoms with van der Waals surface area (Å²) in [5.41, 5.74) is 4.38. The molecule has 2 N–H and O–H groups in total. The van der Waals surface area contributed by atoms with Crippen LogP contribution in [0.5, 0.6) is 0 Å². The van der Waals surface area contributed by atoms with Gasteiger partial charge in [-0.15, -0.1) is 10.2 Å². The molecule has 0 aliphatic carbocycles. The fraction of sp³-hybridized carbons (Fsp3) is 0.333. The van der Waals surface area contributed by atoms with Crippen molar-refractivity contribution in [2.75, 3.05) is 13.7 Å². The third-order valence-electron chi connectivity index (χ3n) is 10.2. The molecule has 16 heteroatoms. The molecule has 1 saturated heterocycles. The van der Waals surface area contributed by atoms with E-state index in [0.717, 1.165) is 22.3 Å². The molecule has 2 aromatic heterocycles. The van der Waals surface area contributed by atoms with E-state index in [9.17, 15) is 19.8 Å². The lowest BCUT2D eigenvalue weighted by Gasteiger charge is -2.45. The molecule has 0 amide bonds. The van der Waals surface area contributed by atoms with Crippen molar-refractivity contribution in [3.8, 4) is 0 Å². The van der Waals surface area contributed by atoms with Gasteiger partial charge < -0.3 is 38.6 Å². The van der Waals surface area contributed by atoms with Crippen LogP contribution in [0.2, 0.25) is 0 Å². The Morgan fingerprint density at radius 2 is 1.02 bits per heavy atom. The predicted molar refractivity (Wildman–Crippen MR) is 218 cm³/mol. The van der Waals surface area contributed by atoms with Gasteiger partial charge in [0.25, 0.3) is 0 Å². The van der Waals surface area contributed by atoms with Crippen molar-refractivity contribution < 1.29 is 48.2 Å². The van der Waals surface area contributed by atoms with Crippen LogP contribution >= 0.6 is 0 Å². The maximum atomic E-state index is 12.3. The number of carboxylic acid groups (broad SMARTS) is 2. The Kier molecular flexibility index (Phi) is 15.1. The van der Waals surface area contributed by atoms with Crippen LogP contribution in [-0.4, -0.2) is 96.6 Å². The van der Waals surface area contributed by atoms with Crippen molar-refractivity contribution in [1.29, 1.82) is 0 Å². The van der Waals surface area contributed by atoms with Crippen LogP contribution in [0.25, 0.3) is 0 Å². The fourth-order valence-corrected chi connectivity index (χ4v) is 7.09. The number of benzene rings is 4. The summed E-state index contributed by atoms with van der Waals surface area (Å²) in [6.07, 6.45) is -0.490. The first-order valence-corrected chi connectivity index (χ1v) is 19.9. The first kappa shape index (κ1) is 43.0. The predicted octanol–water partition coefficient (Wildman–Crippen LogP) is 5.25. The van der Waals surface area contributed by atoms with E-state index >= 15 is 0 Å². The van der Waals surface area contributed by atoms with Gasteiger partial charge in [0.2, 0.25) is 0 Å². The van der Waals surface area contributed by atoms with E-state index in [1.54, 1.807) is 12.4 Å². The number of nitrogens with zero attached hydrogens (tertiary/aromatic N) is 6. The maximum absolute atomic E-state index is 12.3. The number of hydrogen-bond donors (Lipinski definition) is 2. The molecule has 1 aliphatic rings. The van der Waals surface area contributed by atoms with Crippen LogP contribution in [0.15, 0.2) is 134 Å². The Hall–Kier alpha value is -6.14. The van der Waals surface area contributed by atoms with E-state index in [1.807, 2.05) is 121 Å². The highest BCUT2D eigenvalue weighted by Crippen LogP contribution is 2.31. The molecule has 0 radical (unpaired) electrons. The summed E-state index contributed by atoms with van der Waals surface area (Å²) in [6.45, 7) is 0.393. The summed E-state index contributed by atoms with van der Waals surface area (Å²) in [6, 6.07) is 36.1. The minimum Gasteiger partial charge on any atom is -0.480 e. The summed E-state index contributed by atoms with van der Waals surface area (Å²) < 4.78 is 41.1. The van der Waals surface area contributed by atoms with Crippen LogP contribution in [0.4, 0.5) is 0 Å². The number of carboxylic acids is 2. The molecular weight excluding hydrogens is 785 g/mol. The number of carbonyl (C=O) groups is 2. The van der Waals surface area contributed by atoms with Gasteiger partial charge in [0.05, 0.1) is 45.4 Å². The van der Waals surface area contributed by atoms with Gasteiger partial charge >= 0.3 is 11.9 Å². The third-order valence-corrected chi connectivity index (χ3v) is 10.2. The molecule has 4 aromatic carbocycles. The van der Waals surface area contributed by atoms with Crippen LogP contribution in [0.3, 0.4) is 0 Å². The molecular formula is C45H48N6O10. The lowest BCUT2D eigenvalue weighted by molar-refractivity contribution is -0.323. The van der Waals surface area contributed by atoms with Gasteiger partial charge in [-0.1, -0.05) is 132 Å². The highest BCUT2D eigenvalue weighted by atomic mass is 16.7. The Labute approximate surface area is 352 Å². The lowest BCUT2D eigenvalue weighted by atomic mass is 9.98. The zero-order valence-electron chi connectivity index (χ0n) is 33.5. The van der Waals surface area contributed by atoms with Crippen molar-refractivity contribution in [1.82, 2.24) is 30.0 Å². The molecule has 0 saturated carbocycles. The Balaban J connectivity index is 1.09. The standard InChI is InChI=1S/C45H48N6O10/c1-56-45-42(60-29-36-25-51(49-47-36)38(44(54)55)23-32-16-8-3-9-17-32)41(59-27-34-20-12-5-13-21-34)40(58-26-33-18-10-4-11-19-33)39(61-45)30-57-28-35-24-50(48-46-35)37(43(52)53)22-31-14-6-2-7-15-31/h2-21,24-25,37-42,45H,22-23,26-30H2,1H3,(H,52,53)(H,54,55)/t37-,38-,39+,40+,41-,42+,45-/m0/s1. The van der Waals surface area contributed by atoms with Crippen molar-refractivity contribution in [2.24, 2.45) is 0 Å². The Morgan fingerprint density at radius 1 is 0.590 bits per heavy atom. The van der Waals surface area contributed by atoms with Crippen LogP contribution in [-0.2, 0) is 77.3 Å². The summed E-state index contributed by atoms with van der Waals surface area (Å²) in [5, 5.41) is 36.8. The second-order valence-corrected chi connectivity index (χ2v) is 14.6. The van der Waals surface area contributed by atoms with Crippen LogP contribution in [0.1, 0.15) is 45.7 Å². The van der Waals surface area contributed by atoms with Gasteiger partial charge in [-0.25, -0.2) is 19.0 Å². The zero-order valence-corrected chi connectivity index (χ0v) is 33.5. The average Bonchev–Trinajstić information content (AvgIpc) is 3.97. The van der Waals surface area contributed by atoms with E-state index in [4.69, 9.17) is 28.4 Å².